The van der Waals surface area contributed by atoms with Crippen LogP contribution in [0.5, 0.6) is 0 Å². The summed E-state index contributed by atoms with van der Waals surface area (Å²) >= 11 is 0. The molecule has 0 unspecified atom stereocenters. The third-order valence-electron chi connectivity index (χ3n) is 3.46. The molecule has 0 spiro atoms. The van der Waals surface area contributed by atoms with Crippen LogP contribution in [0, 0.1) is 0 Å². The minimum Gasteiger partial charge on any atom is -0.408 e. The highest BCUT2D eigenvalue weighted by atomic mass is 16.4. The van der Waals surface area contributed by atoms with Crippen molar-refractivity contribution in [3.63, 3.8) is 0 Å². The number of aryl methyl sites for hydroxylation is 1. The number of hydrogen-bond acceptors (Lipinski definition) is 2. The lowest BCUT2D eigenvalue weighted by Gasteiger charge is -2.23. The molecule has 0 amide bonds. The molecular weight excluding hydrogens is 202 g/mol. The Balaban J connectivity index is 2.68. The van der Waals surface area contributed by atoms with Gasteiger partial charge in [0.2, 0.25) is 0 Å². The average molecular weight is 219 g/mol. The number of aromatic nitrogens is 1. The van der Waals surface area contributed by atoms with Gasteiger partial charge in [0.15, 0.2) is 5.58 Å². The van der Waals surface area contributed by atoms with Crippen molar-refractivity contribution < 1.29 is 4.42 Å². The van der Waals surface area contributed by atoms with Gasteiger partial charge in [-0.05, 0) is 29.5 Å². The molecule has 0 fully saturated rings. The number of oxazole rings is 1. The zero-order valence-electron chi connectivity index (χ0n) is 10.2. The Kier molecular flexibility index (Phi) is 2.41. The van der Waals surface area contributed by atoms with Crippen LogP contribution in [-0.4, -0.2) is 4.57 Å². The van der Waals surface area contributed by atoms with E-state index in [0.717, 1.165) is 11.9 Å². The summed E-state index contributed by atoms with van der Waals surface area (Å²) in [5.41, 5.74) is 2.88. The molecule has 0 aliphatic carbocycles. The second kappa shape index (κ2) is 3.51. The molecule has 16 heavy (non-hydrogen) atoms. The third-order valence-corrected chi connectivity index (χ3v) is 3.46. The monoisotopic (exact) mass is 219 g/mol. The molecule has 0 N–H and O–H groups in total. The quantitative estimate of drug-likeness (QED) is 0.778. The Morgan fingerprint density at radius 1 is 1.38 bits per heavy atom. The fourth-order valence-corrected chi connectivity index (χ4v) is 1.75. The summed E-state index contributed by atoms with van der Waals surface area (Å²) in [4.78, 5) is 11.4. The molecule has 0 radical (unpaired) electrons. The van der Waals surface area contributed by atoms with Gasteiger partial charge in [-0.2, -0.15) is 0 Å². The van der Waals surface area contributed by atoms with E-state index in [4.69, 9.17) is 4.42 Å². The fourth-order valence-electron chi connectivity index (χ4n) is 1.75. The van der Waals surface area contributed by atoms with Gasteiger partial charge >= 0.3 is 5.76 Å². The largest absolute Gasteiger partial charge is 0.419 e. The van der Waals surface area contributed by atoms with Gasteiger partial charge in [-0.1, -0.05) is 26.8 Å². The molecule has 1 aromatic carbocycles. The molecule has 2 aromatic rings. The van der Waals surface area contributed by atoms with E-state index in [1.165, 1.54) is 5.56 Å². The van der Waals surface area contributed by atoms with E-state index in [9.17, 15) is 4.79 Å². The first-order valence-corrected chi connectivity index (χ1v) is 5.56. The van der Waals surface area contributed by atoms with Crippen LogP contribution >= 0.6 is 0 Å². The summed E-state index contributed by atoms with van der Waals surface area (Å²) in [6.07, 6.45) is 1.06. The minimum atomic E-state index is -0.304. The summed E-state index contributed by atoms with van der Waals surface area (Å²) in [6, 6.07) is 5.96. The van der Waals surface area contributed by atoms with Gasteiger partial charge in [-0.3, -0.25) is 4.57 Å². The summed E-state index contributed by atoms with van der Waals surface area (Å²) in [5, 5.41) is 0. The lowest BCUT2D eigenvalue weighted by Crippen LogP contribution is -2.15. The zero-order valence-corrected chi connectivity index (χ0v) is 10.2. The first-order chi connectivity index (χ1) is 7.45. The Morgan fingerprint density at radius 2 is 2.06 bits per heavy atom. The van der Waals surface area contributed by atoms with Gasteiger partial charge in [0.25, 0.3) is 0 Å². The third kappa shape index (κ3) is 1.56. The zero-order chi connectivity index (χ0) is 11.9. The van der Waals surface area contributed by atoms with E-state index in [2.05, 4.69) is 20.8 Å². The highest BCUT2D eigenvalue weighted by Crippen LogP contribution is 2.28. The van der Waals surface area contributed by atoms with Crippen LogP contribution in [-0.2, 0) is 12.5 Å². The van der Waals surface area contributed by atoms with E-state index >= 15 is 0 Å². The Hall–Kier alpha value is -1.51. The average Bonchev–Trinajstić information content (AvgIpc) is 2.55. The Morgan fingerprint density at radius 3 is 2.69 bits per heavy atom. The smallest absolute Gasteiger partial charge is 0.408 e. The minimum absolute atomic E-state index is 0.126. The van der Waals surface area contributed by atoms with E-state index in [1.807, 2.05) is 18.2 Å². The van der Waals surface area contributed by atoms with Crippen LogP contribution in [0.2, 0.25) is 0 Å². The van der Waals surface area contributed by atoms with Crippen molar-refractivity contribution in [1.29, 1.82) is 0 Å². The second-order valence-electron chi connectivity index (χ2n) is 4.85. The maximum atomic E-state index is 11.4. The summed E-state index contributed by atoms with van der Waals surface area (Å²) in [6.45, 7) is 6.57. The number of hydrogen-bond donors (Lipinski definition) is 0. The van der Waals surface area contributed by atoms with Gasteiger partial charge in [0.1, 0.15) is 0 Å². The van der Waals surface area contributed by atoms with Gasteiger partial charge in [0, 0.05) is 7.05 Å². The van der Waals surface area contributed by atoms with Crippen LogP contribution in [0.1, 0.15) is 32.8 Å². The maximum Gasteiger partial charge on any atom is 0.419 e. The van der Waals surface area contributed by atoms with Crippen molar-refractivity contribution in [2.24, 2.45) is 7.05 Å². The highest BCUT2D eigenvalue weighted by molar-refractivity contribution is 5.74. The predicted molar refractivity (Wildman–Crippen MR) is 64.8 cm³/mol. The van der Waals surface area contributed by atoms with Gasteiger partial charge in [0.05, 0.1) is 5.52 Å². The maximum absolute atomic E-state index is 11.4. The molecule has 0 saturated heterocycles. The van der Waals surface area contributed by atoms with Crippen LogP contribution in [0.25, 0.3) is 11.1 Å². The standard InChI is InChI=1S/C13H17NO2/c1-5-13(2,3)9-6-7-11-10(8-9)14(4)12(15)16-11/h6-8H,5H2,1-4H3. The van der Waals surface area contributed by atoms with Gasteiger partial charge < -0.3 is 4.42 Å². The van der Waals surface area contributed by atoms with Crippen molar-refractivity contribution in [2.75, 3.05) is 0 Å². The fraction of sp³-hybridized carbons (Fsp3) is 0.462. The topological polar surface area (TPSA) is 35.1 Å². The molecule has 0 aliphatic heterocycles. The normalized spacial score (nSPS) is 12.2. The summed E-state index contributed by atoms with van der Waals surface area (Å²) in [5.74, 6) is -0.304. The van der Waals surface area contributed by atoms with Crippen molar-refractivity contribution in [3.8, 4) is 0 Å². The van der Waals surface area contributed by atoms with Crippen LogP contribution in [0.3, 0.4) is 0 Å². The molecule has 3 heteroatoms. The molecule has 0 atom stereocenters. The second-order valence-corrected chi connectivity index (χ2v) is 4.85. The molecule has 0 saturated carbocycles. The van der Waals surface area contributed by atoms with Crippen LogP contribution < -0.4 is 5.76 Å². The molecule has 2 rings (SSSR count). The van der Waals surface area contributed by atoms with E-state index in [1.54, 1.807) is 11.6 Å². The molecule has 1 aromatic heterocycles. The van der Waals surface area contributed by atoms with Crippen LogP contribution in [0.4, 0.5) is 0 Å². The summed E-state index contributed by atoms with van der Waals surface area (Å²) in [7, 11) is 1.73. The molecular formula is C13H17NO2. The lowest BCUT2D eigenvalue weighted by molar-refractivity contribution is 0.506. The highest BCUT2D eigenvalue weighted by Gasteiger charge is 2.19. The first-order valence-electron chi connectivity index (χ1n) is 5.56. The lowest BCUT2D eigenvalue weighted by atomic mass is 9.82. The van der Waals surface area contributed by atoms with E-state index in [-0.39, 0.29) is 11.2 Å². The molecule has 86 valence electrons. The van der Waals surface area contributed by atoms with Crippen molar-refractivity contribution in [2.45, 2.75) is 32.6 Å². The van der Waals surface area contributed by atoms with Gasteiger partial charge in [-0.25, -0.2) is 4.79 Å². The van der Waals surface area contributed by atoms with E-state index in [0.29, 0.717) is 5.58 Å². The molecule has 3 nitrogen and oxygen atoms in total. The number of benzene rings is 1. The number of fused-ring (bicyclic) bond motifs is 1. The predicted octanol–water partition coefficient (Wildman–Crippen LogP) is 2.82. The molecule has 0 aliphatic rings. The van der Waals surface area contributed by atoms with Crippen molar-refractivity contribution in [3.05, 3.63) is 34.3 Å². The van der Waals surface area contributed by atoms with Gasteiger partial charge in [-0.15, -0.1) is 0 Å². The molecule has 0 bridgehead atoms. The number of nitrogens with zero attached hydrogens (tertiary/aromatic N) is 1. The first kappa shape index (κ1) is 11.0. The van der Waals surface area contributed by atoms with Crippen molar-refractivity contribution >= 4 is 11.1 Å². The molecule has 1 heterocycles. The Bertz CT molecular complexity index is 575. The van der Waals surface area contributed by atoms with Crippen LogP contribution in [0.15, 0.2) is 27.4 Å². The van der Waals surface area contributed by atoms with Crippen molar-refractivity contribution in [1.82, 2.24) is 4.57 Å². The SMILES string of the molecule is CCC(C)(C)c1ccc2oc(=O)n(C)c2c1. The Labute approximate surface area is 94.7 Å². The summed E-state index contributed by atoms with van der Waals surface area (Å²) < 4.78 is 6.65. The van der Waals surface area contributed by atoms with E-state index < -0.39 is 0 Å². The number of rotatable bonds is 2.